The lowest BCUT2D eigenvalue weighted by molar-refractivity contribution is 0.122. The van der Waals surface area contributed by atoms with Gasteiger partial charge in [-0.3, -0.25) is 4.98 Å². The van der Waals surface area contributed by atoms with Crippen LogP contribution < -0.4 is 16.0 Å². The van der Waals surface area contributed by atoms with Gasteiger partial charge in [0.25, 0.3) is 0 Å². The van der Waals surface area contributed by atoms with Gasteiger partial charge < -0.3 is 25.7 Å². The molecule has 2 aromatic carbocycles. The van der Waals surface area contributed by atoms with Crippen molar-refractivity contribution in [2.24, 2.45) is 11.7 Å². The number of aromatic amines is 1. The number of morpholine rings is 1. The molecule has 0 spiro atoms. The summed E-state index contributed by atoms with van der Waals surface area (Å²) in [5, 5.41) is 5.18. The Bertz CT molecular complexity index is 1280. The minimum absolute atomic E-state index is 0.0204. The van der Waals surface area contributed by atoms with Crippen molar-refractivity contribution in [2.45, 2.75) is 19.9 Å². The van der Waals surface area contributed by atoms with Crippen LogP contribution in [0.5, 0.6) is 0 Å². The lowest BCUT2D eigenvalue weighted by atomic mass is 10.0. The van der Waals surface area contributed by atoms with Gasteiger partial charge in [0, 0.05) is 48.0 Å². The van der Waals surface area contributed by atoms with Gasteiger partial charge in [0.15, 0.2) is 0 Å². The molecule has 172 valence electrons. The van der Waals surface area contributed by atoms with Crippen LogP contribution in [0.15, 0.2) is 42.6 Å². The number of aromatic nitrogens is 3. The molecule has 8 heteroatoms. The molecule has 0 amide bonds. The number of anilines is 2. The van der Waals surface area contributed by atoms with Crippen molar-refractivity contribution >= 4 is 44.9 Å². The highest BCUT2D eigenvalue weighted by atomic mass is 35.5. The van der Waals surface area contributed by atoms with E-state index in [1.165, 1.54) is 0 Å². The minimum Gasteiger partial charge on any atom is -0.382 e. The van der Waals surface area contributed by atoms with E-state index in [-0.39, 0.29) is 6.04 Å². The molecule has 7 nitrogen and oxygen atoms in total. The predicted octanol–water partition coefficient (Wildman–Crippen LogP) is 4.66. The van der Waals surface area contributed by atoms with Crippen molar-refractivity contribution in [3.63, 3.8) is 0 Å². The standard InChI is InChI=1S/C25H29ClN6O/c1-15(2)20(27)14-29-24-18-11-16(26)3-5-21(18)28-13-19(24)25-30-22-6-4-17(12-23(22)31-25)32-7-9-33-10-8-32/h3-6,11-13,15,20H,7-10,14,27H2,1-2H3,(H,28,29)(H,30,31). The van der Waals surface area contributed by atoms with Gasteiger partial charge in [-0.25, -0.2) is 4.98 Å². The number of halogens is 1. The monoisotopic (exact) mass is 464 g/mol. The Morgan fingerprint density at radius 3 is 2.76 bits per heavy atom. The van der Waals surface area contributed by atoms with Crippen LogP contribution in [0.2, 0.25) is 5.02 Å². The van der Waals surface area contributed by atoms with Crippen molar-refractivity contribution in [2.75, 3.05) is 43.1 Å². The van der Waals surface area contributed by atoms with Gasteiger partial charge in [0.2, 0.25) is 0 Å². The summed E-state index contributed by atoms with van der Waals surface area (Å²) in [7, 11) is 0. The largest absolute Gasteiger partial charge is 0.382 e. The average molecular weight is 465 g/mol. The third-order valence-corrected chi connectivity index (χ3v) is 6.53. The molecule has 0 saturated carbocycles. The van der Waals surface area contributed by atoms with Crippen LogP contribution in [0.25, 0.3) is 33.3 Å². The topological polar surface area (TPSA) is 92.1 Å². The number of imidazole rings is 1. The number of benzene rings is 2. The minimum atomic E-state index is 0.0204. The average Bonchev–Trinajstić information content (AvgIpc) is 3.25. The van der Waals surface area contributed by atoms with Crippen LogP contribution in [0.1, 0.15) is 13.8 Å². The summed E-state index contributed by atoms with van der Waals surface area (Å²) in [4.78, 5) is 15.4. The number of pyridine rings is 1. The van der Waals surface area contributed by atoms with Crippen molar-refractivity contribution in [3.05, 3.63) is 47.6 Å². The van der Waals surface area contributed by atoms with E-state index in [4.69, 9.17) is 27.1 Å². The molecule has 3 heterocycles. The highest BCUT2D eigenvalue weighted by Gasteiger charge is 2.18. The van der Waals surface area contributed by atoms with Gasteiger partial charge >= 0.3 is 0 Å². The molecule has 1 atom stereocenters. The van der Waals surface area contributed by atoms with Gasteiger partial charge in [0.1, 0.15) is 5.82 Å². The maximum atomic E-state index is 6.34. The summed E-state index contributed by atoms with van der Waals surface area (Å²) in [5.74, 6) is 1.13. The van der Waals surface area contributed by atoms with Crippen LogP contribution in [0.4, 0.5) is 11.4 Å². The molecular weight excluding hydrogens is 436 g/mol. The first kappa shape index (κ1) is 21.9. The summed E-state index contributed by atoms with van der Waals surface area (Å²) < 4.78 is 5.49. The third-order valence-electron chi connectivity index (χ3n) is 6.30. The van der Waals surface area contributed by atoms with Crippen molar-refractivity contribution in [3.8, 4) is 11.4 Å². The number of fused-ring (bicyclic) bond motifs is 2. The maximum Gasteiger partial charge on any atom is 0.142 e. The van der Waals surface area contributed by atoms with Crippen LogP contribution in [0, 0.1) is 5.92 Å². The van der Waals surface area contributed by atoms with E-state index in [0.717, 1.165) is 71.0 Å². The molecule has 5 rings (SSSR count). The maximum absolute atomic E-state index is 6.34. The van der Waals surface area contributed by atoms with E-state index < -0.39 is 0 Å². The van der Waals surface area contributed by atoms with Crippen LogP contribution in [-0.4, -0.2) is 53.8 Å². The van der Waals surface area contributed by atoms with Gasteiger partial charge in [-0.05, 0) is 42.3 Å². The molecule has 1 aliphatic rings. The van der Waals surface area contributed by atoms with Crippen molar-refractivity contribution < 1.29 is 4.74 Å². The molecule has 1 fully saturated rings. The molecule has 0 radical (unpaired) electrons. The number of nitrogens with two attached hydrogens (primary N) is 1. The number of nitrogens with zero attached hydrogens (tertiary/aromatic N) is 3. The lowest BCUT2D eigenvalue weighted by Gasteiger charge is -2.28. The van der Waals surface area contributed by atoms with Crippen molar-refractivity contribution in [1.82, 2.24) is 15.0 Å². The first-order chi connectivity index (χ1) is 16.0. The van der Waals surface area contributed by atoms with Gasteiger partial charge in [-0.15, -0.1) is 0 Å². The first-order valence-electron chi connectivity index (χ1n) is 11.4. The predicted molar refractivity (Wildman–Crippen MR) is 136 cm³/mol. The Morgan fingerprint density at radius 2 is 1.97 bits per heavy atom. The molecule has 33 heavy (non-hydrogen) atoms. The fourth-order valence-corrected chi connectivity index (χ4v) is 4.30. The zero-order valence-electron chi connectivity index (χ0n) is 18.9. The molecule has 1 unspecified atom stereocenters. The van der Waals surface area contributed by atoms with E-state index in [2.05, 4.69) is 52.2 Å². The van der Waals surface area contributed by atoms with Crippen LogP contribution >= 0.6 is 11.6 Å². The second-order valence-corrected chi connectivity index (χ2v) is 9.32. The van der Waals surface area contributed by atoms with Gasteiger partial charge in [0.05, 0.1) is 41.0 Å². The second-order valence-electron chi connectivity index (χ2n) is 8.88. The Balaban J connectivity index is 1.57. The molecule has 0 aliphatic carbocycles. The molecule has 1 aliphatic heterocycles. The summed E-state index contributed by atoms with van der Waals surface area (Å²) in [6.07, 6.45) is 1.86. The van der Waals surface area contributed by atoms with E-state index in [1.807, 2.05) is 24.4 Å². The van der Waals surface area contributed by atoms with E-state index >= 15 is 0 Å². The highest BCUT2D eigenvalue weighted by molar-refractivity contribution is 6.31. The Kier molecular flexibility index (Phi) is 6.10. The number of nitrogens with one attached hydrogen (secondary N) is 2. The quantitative estimate of drug-likeness (QED) is 0.384. The normalized spacial score (nSPS) is 15.5. The second kappa shape index (κ2) is 9.17. The number of H-pyrrole nitrogens is 1. The Hall–Kier alpha value is -2.87. The fraction of sp³-hybridized carbons (Fsp3) is 0.360. The van der Waals surface area contributed by atoms with E-state index in [1.54, 1.807) is 0 Å². The molecule has 1 saturated heterocycles. The van der Waals surface area contributed by atoms with Crippen LogP contribution in [0.3, 0.4) is 0 Å². The SMILES string of the molecule is CC(C)C(N)CNc1c(-c2nc3cc(N4CCOCC4)ccc3[nH]2)cnc2ccc(Cl)cc12. The summed E-state index contributed by atoms with van der Waals surface area (Å²) in [5.41, 5.74) is 12.1. The number of ether oxygens (including phenoxy) is 1. The smallest absolute Gasteiger partial charge is 0.142 e. The third kappa shape index (κ3) is 4.49. The van der Waals surface area contributed by atoms with Crippen molar-refractivity contribution in [1.29, 1.82) is 0 Å². The molecule has 4 aromatic rings. The molecule has 0 bridgehead atoms. The molecular formula is C25H29ClN6O. The Labute approximate surface area is 198 Å². The highest BCUT2D eigenvalue weighted by Crippen LogP contribution is 2.35. The zero-order valence-corrected chi connectivity index (χ0v) is 19.7. The fourth-order valence-electron chi connectivity index (χ4n) is 4.13. The summed E-state index contributed by atoms with van der Waals surface area (Å²) in [6.45, 7) is 8.17. The zero-order chi connectivity index (χ0) is 22.9. The Morgan fingerprint density at radius 1 is 1.15 bits per heavy atom. The summed E-state index contributed by atoms with van der Waals surface area (Å²) in [6, 6.07) is 12.1. The summed E-state index contributed by atoms with van der Waals surface area (Å²) >= 11 is 6.34. The van der Waals surface area contributed by atoms with E-state index in [0.29, 0.717) is 17.5 Å². The molecule has 2 aromatic heterocycles. The molecule has 4 N–H and O–H groups in total. The van der Waals surface area contributed by atoms with E-state index in [9.17, 15) is 0 Å². The lowest BCUT2D eigenvalue weighted by Crippen LogP contribution is -2.36. The number of hydrogen-bond acceptors (Lipinski definition) is 6. The van der Waals surface area contributed by atoms with Crippen LogP contribution in [-0.2, 0) is 4.74 Å². The number of rotatable bonds is 6. The first-order valence-corrected chi connectivity index (χ1v) is 11.8. The van der Waals surface area contributed by atoms with Gasteiger partial charge in [-0.2, -0.15) is 0 Å². The van der Waals surface area contributed by atoms with Gasteiger partial charge in [-0.1, -0.05) is 25.4 Å². The number of hydrogen-bond donors (Lipinski definition) is 3.